The molecule has 1 heterocycles. The highest BCUT2D eigenvalue weighted by Gasteiger charge is 2.25. The Morgan fingerprint density at radius 2 is 1.56 bits per heavy atom. The van der Waals surface area contributed by atoms with E-state index in [0.29, 0.717) is 37.4 Å². The molecule has 0 radical (unpaired) electrons. The Kier molecular flexibility index (Phi) is 7.54. The molecule has 180 valence electrons. The molecule has 1 aliphatic heterocycles. The van der Waals surface area contributed by atoms with Gasteiger partial charge in [0.05, 0.1) is 12.0 Å². The lowest BCUT2D eigenvalue weighted by atomic mass is 10.1. The third-order valence-electron chi connectivity index (χ3n) is 6.46. The first kappa shape index (κ1) is 24.2. The lowest BCUT2D eigenvalue weighted by molar-refractivity contribution is -0.130. The van der Waals surface area contributed by atoms with Crippen molar-refractivity contribution in [3.05, 3.63) is 71.8 Å². The summed E-state index contributed by atoms with van der Waals surface area (Å²) in [7, 11) is 0.0425. The maximum Gasteiger partial charge on any atom is 0.243 e. The minimum absolute atomic E-state index is 0.0554. The van der Waals surface area contributed by atoms with Gasteiger partial charge in [0, 0.05) is 33.1 Å². The molecule has 4 rings (SSSR count). The van der Waals surface area contributed by atoms with Crippen molar-refractivity contribution >= 4 is 26.7 Å². The first-order valence-corrected chi connectivity index (χ1v) is 13.2. The van der Waals surface area contributed by atoms with Crippen LogP contribution in [0.25, 0.3) is 10.8 Å². The predicted octanol–water partition coefficient (Wildman–Crippen LogP) is 4.61. The molecule has 0 spiro atoms. The zero-order chi connectivity index (χ0) is 24.1. The fraction of sp³-hybridized carbons (Fsp3) is 0.370. The van der Waals surface area contributed by atoms with E-state index in [0.717, 1.165) is 46.9 Å². The summed E-state index contributed by atoms with van der Waals surface area (Å²) in [5.41, 5.74) is 2.03. The zero-order valence-corrected chi connectivity index (χ0v) is 20.7. The molecule has 3 aromatic rings. The highest BCUT2D eigenvalue weighted by Crippen LogP contribution is 2.23. The first-order chi connectivity index (χ1) is 16.4. The maximum absolute atomic E-state index is 12.8. The second-order valence-corrected chi connectivity index (χ2v) is 10.8. The first-order valence-electron chi connectivity index (χ1n) is 11.8. The zero-order valence-electron chi connectivity index (χ0n) is 19.9. The largest absolute Gasteiger partial charge is 0.497 e. The second-order valence-electron chi connectivity index (χ2n) is 8.91. The number of hydrogen-bond acceptors (Lipinski definition) is 4. The number of hydrogen-bond donors (Lipinski definition) is 0. The molecule has 0 aromatic heterocycles. The van der Waals surface area contributed by atoms with E-state index in [-0.39, 0.29) is 5.91 Å². The normalized spacial score (nSPS) is 14.8. The number of piperidine rings is 1. The molecular weight excluding hydrogens is 448 g/mol. The van der Waals surface area contributed by atoms with E-state index in [1.54, 1.807) is 28.4 Å². The Bertz CT molecular complexity index is 1250. The fourth-order valence-electron chi connectivity index (χ4n) is 4.39. The minimum atomic E-state index is -3.43. The van der Waals surface area contributed by atoms with Crippen LogP contribution in [0.2, 0.25) is 0 Å². The lowest BCUT2D eigenvalue weighted by Crippen LogP contribution is -2.35. The van der Waals surface area contributed by atoms with Gasteiger partial charge in [0.1, 0.15) is 5.75 Å². The van der Waals surface area contributed by atoms with Crippen molar-refractivity contribution in [2.24, 2.45) is 0 Å². The standard InChI is InChI=1S/C27H32N2O4S/c1-28(20-22-6-10-24-19-25(33-2)12-11-23(24)18-22)27(30)15-9-21-7-13-26(14-8-21)34(31,32)29-16-4-3-5-17-29/h6-8,10-14,18-19H,3-5,9,15-17,20H2,1-2H3. The Hall–Kier alpha value is -2.90. The Labute approximate surface area is 202 Å². The van der Waals surface area contributed by atoms with Crippen molar-refractivity contribution in [1.29, 1.82) is 0 Å². The number of carbonyl (C=O) groups excluding carboxylic acids is 1. The van der Waals surface area contributed by atoms with Crippen LogP contribution in [-0.4, -0.2) is 50.8 Å². The van der Waals surface area contributed by atoms with Crippen molar-refractivity contribution in [3.8, 4) is 5.75 Å². The summed E-state index contributed by atoms with van der Waals surface area (Å²) in [6.07, 6.45) is 3.87. The molecule has 0 saturated carbocycles. The number of sulfonamides is 1. The van der Waals surface area contributed by atoms with Gasteiger partial charge in [0.25, 0.3) is 0 Å². The van der Waals surface area contributed by atoms with Gasteiger partial charge in [-0.2, -0.15) is 4.31 Å². The van der Waals surface area contributed by atoms with Crippen LogP contribution in [0.15, 0.2) is 65.6 Å². The molecule has 7 heteroatoms. The molecule has 34 heavy (non-hydrogen) atoms. The van der Waals surface area contributed by atoms with Crippen molar-refractivity contribution in [3.63, 3.8) is 0 Å². The smallest absolute Gasteiger partial charge is 0.243 e. The van der Waals surface area contributed by atoms with Gasteiger partial charge in [-0.15, -0.1) is 0 Å². The van der Waals surface area contributed by atoms with Crippen LogP contribution in [0.4, 0.5) is 0 Å². The molecule has 1 amide bonds. The van der Waals surface area contributed by atoms with Gasteiger partial charge >= 0.3 is 0 Å². The van der Waals surface area contributed by atoms with E-state index in [4.69, 9.17) is 4.74 Å². The van der Waals surface area contributed by atoms with Crippen molar-refractivity contribution in [2.75, 3.05) is 27.2 Å². The third-order valence-corrected chi connectivity index (χ3v) is 8.37. The number of nitrogens with zero attached hydrogens (tertiary/aromatic N) is 2. The van der Waals surface area contributed by atoms with Crippen molar-refractivity contribution in [1.82, 2.24) is 9.21 Å². The number of benzene rings is 3. The van der Waals surface area contributed by atoms with Gasteiger partial charge in [-0.25, -0.2) is 8.42 Å². The molecule has 3 aromatic carbocycles. The van der Waals surface area contributed by atoms with Gasteiger partial charge in [-0.3, -0.25) is 4.79 Å². The van der Waals surface area contributed by atoms with E-state index in [2.05, 4.69) is 6.07 Å². The van der Waals surface area contributed by atoms with Crippen LogP contribution >= 0.6 is 0 Å². The lowest BCUT2D eigenvalue weighted by Gasteiger charge is -2.25. The van der Waals surface area contributed by atoms with Crippen LogP contribution in [0.5, 0.6) is 5.75 Å². The van der Waals surface area contributed by atoms with E-state index >= 15 is 0 Å². The van der Waals surface area contributed by atoms with Crippen molar-refractivity contribution in [2.45, 2.75) is 43.5 Å². The van der Waals surface area contributed by atoms with Gasteiger partial charge in [0.15, 0.2) is 0 Å². The molecule has 0 unspecified atom stereocenters. The number of carbonyl (C=O) groups is 1. The van der Waals surface area contributed by atoms with E-state index in [1.807, 2.05) is 49.5 Å². The number of ether oxygens (including phenoxy) is 1. The molecule has 1 fully saturated rings. The monoisotopic (exact) mass is 480 g/mol. The van der Waals surface area contributed by atoms with E-state index in [9.17, 15) is 13.2 Å². The summed E-state index contributed by atoms with van der Waals surface area (Å²) in [4.78, 5) is 14.8. The molecule has 0 bridgehead atoms. The van der Waals surface area contributed by atoms with Crippen LogP contribution < -0.4 is 4.74 Å². The predicted molar refractivity (Wildman–Crippen MR) is 134 cm³/mol. The van der Waals surface area contributed by atoms with Gasteiger partial charge in [-0.05, 0) is 71.5 Å². The number of rotatable bonds is 8. The topological polar surface area (TPSA) is 66.9 Å². The number of aryl methyl sites for hydroxylation is 1. The average molecular weight is 481 g/mol. The van der Waals surface area contributed by atoms with Gasteiger partial charge in [-0.1, -0.05) is 36.8 Å². The fourth-order valence-corrected chi connectivity index (χ4v) is 5.90. The molecular formula is C27H32N2O4S. The third kappa shape index (κ3) is 5.59. The number of fused-ring (bicyclic) bond motifs is 1. The summed E-state index contributed by atoms with van der Waals surface area (Å²) in [6.45, 7) is 1.72. The molecule has 0 N–H and O–H groups in total. The molecule has 0 aliphatic carbocycles. The molecule has 1 aliphatic rings. The number of methoxy groups -OCH3 is 1. The van der Waals surface area contributed by atoms with Crippen LogP contribution in [0.1, 0.15) is 36.8 Å². The van der Waals surface area contributed by atoms with E-state index in [1.165, 1.54) is 0 Å². The summed E-state index contributed by atoms with van der Waals surface area (Å²) < 4.78 is 32.5. The Morgan fingerprint density at radius 3 is 2.26 bits per heavy atom. The average Bonchev–Trinajstić information content (AvgIpc) is 2.87. The second kappa shape index (κ2) is 10.6. The molecule has 6 nitrogen and oxygen atoms in total. The van der Waals surface area contributed by atoms with Crippen LogP contribution in [0.3, 0.4) is 0 Å². The molecule has 1 saturated heterocycles. The van der Waals surface area contributed by atoms with Crippen molar-refractivity contribution < 1.29 is 17.9 Å². The quantitative estimate of drug-likeness (QED) is 0.472. The van der Waals surface area contributed by atoms with Gasteiger partial charge < -0.3 is 9.64 Å². The summed E-state index contributed by atoms with van der Waals surface area (Å²) in [5.74, 6) is 0.879. The summed E-state index contributed by atoms with van der Waals surface area (Å²) in [5, 5.41) is 2.21. The SMILES string of the molecule is COc1ccc2cc(CN(C)C(=O)CCc3ccc(S(=O)(=O)N4CCCCC4)cc3)ccc2c1. The Morgan fingerprint density at radius 1 is 0.912 bits per heavy atom. The van der Waals surface area contributed by atoms with Crippen LogP contribution in [0, 0.1) is 0 Å². The van der Waals surface area contributed by atoms with Crippen LogP contribution in [-0.2, 0) is 27.8 Å². The van der Waals surface area contributed by atoms with E-state index < -0.39 is 10.0 Å². The highest BCUT2D eigenvalue weighted by molar-refractivity contribution is 7.89. The maximum atomic E-state index is 12.8. The molecule has 0 atom stereocenters. The minimum Gasteiger partial charge on any atom is -0.497 e. The van der Waals surface area contributed by atoms with Gasteiger partial charge in [0.2, 0.25) is 15.9 Å². The number of amides is 1. The Balaban J connectivity index is 1.32. The summed E-state index contributed by atoms with van der Waals surface area (Å²) in [6, 6.07) is 19.1. The highest BCUT2D eigenvalue weighted by atomic mass is 32.2. The summed E-state index contributed by atoms with van der Waals surface area (Å²) >= 11 is 0.